The number of carbonyl (C=O) groups excluding carboxylic acids is 1. The van der Waals surface area contributed by atoms with Crippen LogP contribution in [-0.4, -0.2) is 5.78 Å². The van der Waals surface area contributed by atoms with Crippen molar-refractivity contribution < 1.29 is 23.7 Å². The molecule has 2 heterocycles. The molecule has 72 valence electrons. The summed E-state index contributed by atoms with van der Waals surface area (Å²) in [5, 5.41) is 0. The number of Topliss-reactive ketones (excluding diaryl/α,β-unsaturated/α-hetero) is 1. The number of carbonyl (C=O) groups is 1. The maximum absolute atomic E-state index is 11.5. The van der Waals surface area contributed by atoms with Gasteiger partial charge >= 0.3 is 0 Å². The van der Waals surface area contributed by atoms with E-state index in [0.29, 0.717) is 0 Å². The Hall–Kier alpha value is -2.17. The third-order valence-electron chi connectivity index (χ3n) is 1.46. The molecule has 0 atom stereocenters. The maximum atomic E-state index is 11.5. The van der Waals surface area contributed by atoms with E-state index in [1.54, 1.807) is 0 Å². The van der Waals surface area contributed by atoms with Gasteiger partial charge in [0.25, 0.3) is 5.78 Å². The van der Waals surface area contributed by atoms with Gasteiger partial charge in [-0.05, 0) is 0 Å². The molecule has 0 saturated heterocycles. The maximum Gasteiger partial charge on any atom is 0.269 e. The molecule has 0 spiro atoms. The Bertz CT molecular complexity index is 327. The molecule has 0 N–H and O–H groups in total. The Labute approximate surface area is 79.5 Å². The van der Waals surface area contributed by atoms with Crippen LogP contribution in [0.1, 0.15) is 0 Å². The van der Waals surface area contributed by atoms with Crippen molar-refractivity contribution in [3.63, 3.8) is 0 Å². The predicted molar refractivity (Wildman–Crippen MR) is 43.8 cm³/mol. The highest BCUT2D eigenvalue weighted by molar-refractivity contribution is 6.05. The number of ether oxygens (including phenoxy) is 4. The van der Waals surface area contributed by atoms with E-state index in [1.165, 1.54) is 37.6 Å². The van der Waals surface area contributed by atoms with Crippen LogP contribution >= 0.6 is 0 Å². The second-order valence-electron chi connectivity index (χ2n) is 2.35. The fraction of sp³-hybridized carbons (Fsp3) is 0. The minimum absolute atomic E-state index is 0.0395. The molecule has 2 aliphatic heterocycles. The van der Waals surface area contributed by atoms with Crippen LogP contribution in [0.25, 0.3) is 0 Å². The highest BCUT2D eigenvalue weighted by Crippen LogP contribution is 2.15. The summed E-state index contributed by atoms with van der Waals surface area (Å²) in [6.45, 7) is 0. The van der Waals surface area contributed by atoms with Crippen LogP contribution in [-0.2, 0) is 23.7 Å². The first kappa shape index (κ1) is 8.43. The molecule has 0 unspecified atom stereocenters. The van der Waals surface area contributed by atoms with Crippen LogP contribution in [0.4, 0.5) is 0 Å². The van der Waals surface area contributed by atoms with Crippen molar-refractivity contribution in [2.24, 2.45) is 0 Å². The van der Waals surface area contributed by atoms with E-state index >= 15 is 0 Å². The molecule has 0 fully saturated rings. The van der Waals surface area contributed by atoms with Crippen LogP contribution in [0, 0.1) is 0 Å². The van der Waals surface area contributed by atoms with Gasteiger partial charge in [-0.3, -0.25) is 4.79 Å². The van der Waals surface area contributed by atoms with E-state index in [-0.39, 0.29) is 11.5 Å². The molecule has 0 aromatic carbocycles. The summed E-state index contributed by atoms with van der Waals surface area (Å²) in [6.07, 6.45) is 7.50. The molecule has 14 heavy (non-hydrogen) atoms. The third kappa shape index (κ3) is 1.61. The Morgan fingerprint density at radius 2 is 1.36 bits per heavy atom. The topological polar surface area (TPSA) is 54.0 Å². The van der Waals surface area contributed by atoms with Crippen LogP contribution in [0.15, 0.2) is 49.1 Å². The highest BCUT2D eigenvalue weighted by atomic mass is 16.6. The lowest BCUT2D eigenvalue weighted by atomic mass is 10.3. The average molecular weight is 194 g/mol. The van der Waals surface area contributed by atoms with Crippen molar-refractivity contribution in [3.8, 4) is 0 Å². The smallest absolute Gasteiger partial charge is 0.269 e. The monoisotopic (exact) mass is 194 g/mol. The molecule has 5 nitrogen and oxygen atoms in total. The van der Waals surface area contributed by atoms with Gasteiger partial charge in [0.05, 0.1) is 0 Å². The largest absolute Gasteiger partial charge is 0.465 e. The fourth-order valence-electron chi connectivity index (χ4n) is 0.860. The number of hydrogen-bond acceptors (Lipinski definition) is 5. The normalized spacial score (nSPS) is 18.0. The van der Waals surface area contributed by atoms with Crippen molar-refractivity contribution in [2.45, 2.75) is 0 Å². The molecule has 0 radical (unpaired) electrons. The molecule has 0 aromatic rings. The molecule has 2 aliphatic rings. The summed E-state index contributed by atoms with van der Waals surface area (Å²) < 4.78 is 19.3. The molecule has 2 rings (SSSR count). The molecule has 0 aromatic heterocycles. The summed E-state index contributed by atoms with van der Waals surface area (Å²) in [5.41, 5.74) is 0. The van der Waals surface area contributed by atoms with Crippen molar-refractivity contribution in [1.82, 2.24) is 0 Å². The lowest BCUT2D eigenvalue weighted by Gasteiger charge is -2.11. The van der Waals surface area contributed by atoms with Gasteiger partial charge in [-0.15, -0.1) is 0 Å². The van der Waals surface area contributed by atoms with Crippen LogP contribution in [0.2, 0.25) is 0 Å². The fourth-order valence-corrected chi connectivity index (χ4v) is 0.860. The third-order valence-corrected chi connectivity index (χ3v) is 1.46. The number of ketones is 1. The van der Waals surface area contributed by atoms with E-state index in [1.807, 2.05) is 0 Å². The van der Waals surface area contributed by atoms with Gasteiger partial charge < -0.3 is 18.9 Å². The second kappa shape index (κ2) is 3.69. The van der Waals surface area contributed by atoms with E-state index in [0.717, 1.165) is 0 Å². The molecule has 0 aliphatic carbocycles. The Balaban J connectivity index is 2.08. The van der Waals surface area contributed by atoms with Gasteiger partial charge in [-0.25, -0.2) is 0 Å². The zero-order chi connectivity index (χ0) is 9.80. The Morgan fingerprint density at radius 1 is 0.857 bits per heavy atom. The zero-order valence-corrected chi connectivity index (χ0v) is 7.01. The van der Waals surface area contributed by atoms with Crippen molar-refractivity contribution >= 4 is 5.78 Å². The first-order valence-corrected chi connectivity index (χ1v) is 3.77. The van der Waals surface area contributed by atoms with Gasteiger partial charge in [0.2, 0.25) is 11.5 Å². The first-order valence-electron chi connectivity index (χ1n) is 3.77. The van der Waals surface area contributed by atoms with Crippen molar-refractivity contribution in [1.29, 1.82) is 0 Å². The average Bonchev–Trinajstić information content (AvgIpc) is 2.30. The van der Waals surface area contributed by atoms with E-state index in [4.69, 9.17) is 18.9 Å². The van der Waals surface area contributed by atoms with Gasteiger partial charge in [0, 0.05) is 0 Å². The quantitative estimate of drug-likeness (QED) is 0.662. The van der Waals surface area contributed by atoms with E-state index < -0.39 is 5.78 Å². The van der Waals surface area contributed by atoms with E-state index in [9.17, 15) is 4.79 Å². The standard InChI is InChI=1S/C9H6O5/c10-9(7-5-11-1-3-13-7)8-6-12-2-4-14-8/h1-6H. The number of rotatable bonds is 2. The number of hydrogen-bond donors (Lipinski definition) is 0. The molecular formula is C9H6O5. The molecule has 0 saturated carbocycles. The minimum atomic E-state index is -0.446. The van der Waals surface area contributed by atoms with Gasteiger partial charge in [-0.2, -0.15) is 0 Å². The van der Waals surface area contributed by atoms with Crippen LogP contribution in [0.3, 0.4) is 0 Å². The summed E-state index contributed by atoms with van der Waals surface area (Å²) >= 11 is 0. The van der Waals surface area contributed by atoms with Crippen molar-refractivity contribution in [2.75, 3.05) is 0 Å². The van der Waals surface area contributed by atoms with Gasteiger partial charge in [0.1, 0.15) is 37.6 Å². The molecule has 0 amide bonds. The summed E-state index contributed by atoms with van der Waals surface area (Å²) in [7, 11) is 0. The molecular weight excluding hydrogens is 188 g/mol. The Morgan fingerprint density at radius 3 is 1.71 bits per heavy atom. The van der Waals surface area contributed by atoms with Crippen molar-refractivity contribution in [3.05, 3.63) is 49.1 Å². The second-order valence-corrected chi connectivity index (χ2v) is 2.35. The lowest BCUT2D eigenvalue weighted by Crippen LogP contribution is -2.12. The highest BCUT2D eigenvalue weighted by Gasteiger charge is 2.21. The van der Waals surface area contributed by atoms with Crippen LogP contribution < -0.4 is 0 Å². The SMILES string of the molecule is O=C(C1=COC=CO1)C1=COC=CO1. The first-order chi connectivity index (χ1) is 6.88. The van der Waals surface area contributed by atoms with Gasteiger partial charge in [-0.1, -0.05) is 0 Å². The summed E-state index contributed by atoms with van der Waals surface area (Å²) in [4.78, 5) is 11.5. The van der Waals surface area contributed by atoms with Crippen LogP contribution in [0.5, 0.6) is 0 Å². The van der Waals surface area contributed by atoms with E-state index in [2.05, 4.69) is 0 Å². The summed E-state index contributed by atoms with van der Waals surface area (Å²) in [5.74, 6) is -0.367. The van der Waals surface area contributed by atoms with Gasteiger partial charge in [0.15, 0.2) is 0 Å². The minimum Gasteiger partial charge on any atom is -0.465 e. The lowest BCUT2D eigenvalue weighted by molar-refractivity contribution is -0.117. The summed E-state index contributed by atoms with van der Waals surface area (Å²) in [6, 6.07) is 0. The Kier molecular flexibility index (Phi) is 2.22. The zero-order valence-electron chi connectivity index (χ0n) is 7.01. The molecule has 5 heteroatoms. The predicted octanol–water partition coefficient (Wildman–Crippen LogP) is 1.27. The molecule has 0 bridgehead atoms.